The van der Waals surface area contributed by atoms with E-state index in [2.05, 4.69) is 25.2 Å². The second kappa shape index (κ2) is 6.41. The van der Waals surface area contributed by atoms with Crippen molar-refractivity contribution in [1.82, 2.24) is 5.32 Å². The van der Waals surface area contributed by atoms with E-state index in [1.165, 1.54) is 25.0 Å². The first-order chi connectivity index (χ1) is 8.33. The molecule has 3 nitrogen and oxygen atoms in total. The van der Waals surface area contributed by atoms with Crippen LogP contribution in [0.25, 0.3) is 0 Å². The largest absolute Gasteiger partial charge is 0.496 e. The molecule has 1 aliphatic heterocycles. The maximum Gasteiger partial charge on any atom is 0.109 e. The lowest BCUT2D eigenvalue weighted by Crippen LogP contribution is -2.39. The van der Waals surface area contributed by atoms with E-state index in [1.54, 1.807) is 0 Å². The Kier molecular flexibility index (Phi) is 4.86. The Balaban J connectivity index is 1.75. The number of hydrogen-bond donors (Lipinski definition) is 1. The van der Waals surface area contributed by atoms with Crippen molar-refractivity contribution < 1.29 is 9.47 Å². The first kappa shape index (κ1) is 12.9. The fourth-order valence-corrected chi connectivity index (χ4v) is 2.80. The molecule has 0 aromatic rings. The molecule has 2 aliphatic rings. The number of nitrogens with one attached hydrogen (secondary N) is 1. The Morgan fingerprint density at radius 3 is 2.88 bits per heavy atom. The number of likely N-dealkylation sites (N-methyl/N-ethyl adjacent to an activating group) is 1. The molecule has 0 amide bonds. The number of rotatable bonds is 7. The summed E-state index contributed by atoms with van der Waals surface area (Å²) < 4.78 is 11.3. The predicted molar refractivity (Wildman–Crippen MR) is 68.9 cm³/mol. The highest BCUT2D eigenvalue weighted by Crippen LogP contribution is 2.35. The molecule has 0 bridgehead atoms. The van der Waals surface area contributed by atoms with Gasteiger partial charge in [0.2, 0.25) is 0 Å². The van der Waals surface area contributed by atoms with Gasteiger partial charge in [-0.2, -0.15) is 0 Å². The van der Waals surface area contributed by atoms with Gasteiger partial charge in [-0.1, -0.05) is 6.92 Å². The van der Waals surface area contributed by atoms with Crippen molar-refractivity contribution in [2.45, 2.75) is 51.7 Å². The fourth-order valence-electron chi connectivity index (χ4n) is 2.80. The lowest BCUT2D eigenvalue weighted by Gasteiger charge is -2.37. The molecule has 17 heavy (non-hydrogen) atoms. The summed E-state index contributed by atoms with van der Waals surface area (Å²) in [6.45, 7) is 6.96. The molecule has 1 heterocycles. The molecule has 3 heteroatoms. The zero-order valence-corrected chi connectivity index (χ0v) is 11.1. The first-order valence-electron chi connectivity index (χ1n) is 7.01. The molecule has 1 aliphatic carbocycles. The van der Waals surface area contributed by atoms with E-state index >= 15 is 0 Å². The molecular formula is C14H25NO2. The summed E-state index contributed by atoms with van der Waals surface area (Å²) in [5.74, 6) is 1.98. The van der Waals surface area contributed by atoms with Crippen LogP contribution in [0.2, 0.25) is 0 Å². The first-order valence-corrected chi connectivity index (χ1v) is 7.01. The van der Waals surface area contributed by atoms with E-state index < -0.39 is 0 Å². The highest BCUT2D eigenvalue weighted by atomic mass is 16.5. The third kappa shape index (κ3) is 3.46. The van der Waals surface area contributed by atoms with Gasteiger partial charge in [0.25, 0.3) is 0 Å². The van der Waals surface area contributed by atoms with Gasteiger partial charge in [-0.05, 0) is 44.7 Å². The second-order valence-electron chi connectivity index (χ2n) is 5.00. The third-order valence-electron chi connectivity index (χ3n) is 3.69. The van der Waals surface area contributed by atoms with Crippen molar-refractivity contribution in [3.8, 4) is 0 Å². The van der Waals surface area contributed by atoms with E-state index in [0.29, 0.717) is 12.1 Å². The van der Waals surface area contributed by atoms with E-state index in [4.69, 9.17) is 9.47 Å². The molecule has 1 atom stereocenters. The number of hydrogen-bond acceptors (Lipinski definition) is 3. The summed E-state index contributed by atoms with van der Waals surface area (Å²) in [4.78, 5) is 0. The highest BCUT2D eigenvalue weighted by Gasteiger charge is 2.32. The Labute approximate surface area is 105 Å². The summed E-state index contributed by atoms with van der Waals surface area (Å²) in [6, 6.07) is 0.426. The standard InChI is InChI=1S/C14H25NO2/c1-3-15-13(14-6-5-7-17-14)10-11-8-12(9-11)16-4-2/h6,11-13,15H,3-5,7-10H2,1-2H3. The summed E-state index contributed by atoms with van der Waals surface area (Å²) in [6.07, 6.45) is 7.48. The van der Waals surface area contributed by atoms with Gasteiger partial charge in [0.15, 0.2) is 0 Å². The average Bonchev–Trinajstić information content (AvgIpc) is 2.78. The fraction of sp³-hybridized carbons (Fsp3) is 0.857. The summed E-state index contributed by atoms with van der Waals surface area (Å²) >= 11 is 0. The van der Waals surface area contributed by atoms with Gasteiger partial charge in [0.05, 0.1) is 18.8 Å². The van der Waals surface area contributed by atoms with Crippen LogP contribution in [0.5, 0.6) is 0 Å². The smallest absolute Gasteiger partial charge is 0.109 e. The summed E-state index contributed by atoms with van der Waals surface area (Å²) in [5, 5.41) is 3.54. The van der Waals surface area contributed by atoms with Crippen LogP contribution in [-0.4, -0.2) is 31.9 Å². The minimum atomic E-state index is 0.426. The summed E-state index contributed by atoms with van der Waals surface area (Å²) in [5.41, 5.74) is 0. The minimum absolute atomic E-state index is 0.426. The molecule has 0 saturated heterocycles. The van der Waals surface area contributed by atoms with Gasteiger partial charge in [-0.15, -0.1) is 0 Å². The molecule has 1 saturated carbocycles. The van der Waals surface area contributed by atoms with E-state index in [1.807, 2.05) is 0 Å². The monoisotopic (exact) mass is 239 g/mol. The molecule has 1 fully saturated rings. The average molecular weight is 239 g/mol. The molecule has 1 unspecified atom stereocenters. The van der Waals surface area contributed by atoms with Crippen molar-refractivity contribution in [2.24, 2.45) is 5.92 Å². The normalized spacial score (nSPS) is 29.4. The predicted octanol–water partition coefficient (Wildman–Crippen LogP) is 2.47. The Bertz CT molecular complexity index is 259. The van der Waals surface area contributed by atoms with Crippen LogP contribution in [0.4, 0.5) is 0 Å². The van der Waals surface area contributed by atoms with Crippen molar-refractivity contribution in [3.63, 3.8) is 0 Å². The molecule has 98 valence electrons. The topological polar surface area (TPSA) is 30.5 Å². The van der Waals surface area contributed by atoms with Gasteiger partial charge in [-0.25, -0.2) is 0 Å². The van der Waals surface area contributed by atoms with Crippen molar-refractivity contribution >= 4 is 0 Å². The zero-order valence-electron chi connectivity index (χ0n) is 11.1. The van der Waals surface area contributed by atoms with Crippen LogP contribution < -0.4 is 5.32 Å². The van der Waals surface area contributed by atoms with Crippen molar-refractivity contribution in [3.05, 3.63) is 11.8 Å². The van der Waals surface area contributed by atoms with Crippen LogP contribution >= 0.6 is 0 Å². The minimum Gasteiger partial charge on any atom is -0.496 e. The molecule has 0 spiro atoms. The molecule has 0 aromatic heterocycles. The second-order valence-corrected chi connectivity index (χ2v) is 5.00. The highest BCUT2D eigenvalue weighted by molar-refractivity contribution is 5.08. The molecule has 1 N–H and O–H groups in total. The SMILES string of the molecule is CCNC(CC1CC(OCC)C1)C1=CCCO1. The van der Waals surface area contributed by atoms with Crippen molar-refractivity contribution in [2.75, 3.05) is 19.8 Å². The van der Waals surface area contributed by atoms with Crippen LogP contribution in [-0.2, 0) is 9.47 Å². The van der Waals surface area contributed by atoms with E-state index in [9.17, 15) is 0 Å². The molecule has 0 aromatic carbocycles. The Morgan fingerprint density at radius 1 is 1.47 bits per heavy atom. The van der Waals surface area contributed by atoms with Gasteiger partial charge in [-0.3, -0.25) is 0 Å². The molecule has 2 rings (SSSR count). The van der Waals surface area contributed by atoms with Gasteiger partial charge in [0, 0.05) is 13.0 Å². The lowest BCUT2D eigenvalue weighted by molar-refractivity contribution is -0.0293. The maximum atomic E-state index is 5.68. The van der Waals surface area contributed by atoms with E-state index in [0.717, 1.165) is 32.1 Å². The van der Waals surface area contributed by atoms with Gasteiger partial charge in [0.1, 0.15) is 5.76 Å². The van der Waals surface area contributed by atoms with Crippen LogP contribution in [0, 0.1) is 5.92 Å². The van der Waals surface area contributed by atoms with Gasteiger partial charge < -0.3 is 14.8 Å². The quantitative estimate of drug-likeness (QED) is 0.740. The van der Waals surface area contributed by atoms with Crippen molar-refractivity contribution in [1.29, 1.82) is 0 Å². The maximum absolute atomic E-state index is 5.68. The van der Waals surface area contributed by atoms with Crippen LogP contribution in [0.15, 0.2) is 11.8 Å². The van der Waals surface area contributed by atoms with Crippen LogP contribution in [0.1, 0.15) is 39.5 Å². The number of ether oxygens (including phenoxy) is 2. The molecular weight excluding hydrogens is 214 g/mol. The molecule has 0 radical (unpaired) electrons. The van der Waals surface area contributed by atoms with E-state index in [-0.39, 0.29) is 0 Å². The third-order valence-corrected chi connectivity index (χ3v) is 3.69. The Hall–Kier alpha value is -0.540. The van der Waals surface area contributed by atoms with Crippen LogP contribution in [0.3, 0.4) is 0 Å². The zero-order chi connectivity index (χ0) is 12.1. The lowest BCUT2D eigenvalue weighted by atomic mass is 9.78. The van der Waals surface area contributed by atoms with Gasteiger partial charge >= 0.3 is 0 Å². The Morgan fingerprint density at radius 2 is 2.29 bits per heavy atom. The summed E-state index contributed by atoms with van der Waals surface area (Å²) in [7, 11) is 0.